The minimum atomic E-state index is 0.0141. The molecule has 1 heterocycles. The molecule has 1 unspecified atom stereocenters. The Balaban J connectivity index is 1.95. The first-order valence-electron chi connectivity index (χ1n) is 6.83. The third-order valence-electron chi connectivity index (χ3n) is 4.29. The van der Waals surface area contributed by atoms with E-state index in [4.69, 9.17) is 21.1 Å². The van der Waals surface area contributed by atoms with Gasteiger partial charge in [-0.25, -0.2) is 0 Å². The summed E-state index contributed by atoms with van der Waals surface area (Å²) in [5.41, 5.74) is 1.31. The minimum absolute atomic E-state index is 0.0141. The van der Waals surface area contributed by atoms with Gasteiger partial charge in [0.1, 0.15) is 13.2 Å². The van der Waals surface area contributed by atoms with Crippen molar-refractivity contribution in [2.24, 2.45) is 5.41 Å². The Morgan fingerprint density at radius 3 is 2.37 bits per heavy atom. The highest BCUT2D eigenvalue weighted by Crippen LogP contribution is 2.53. The van der Waals surface area contributed by atoms with Crippen molar-refractivity contribution in [3.05, 3.63) is 22.2 Å². The van der Waals surface area contributed by atoms with Crippen LogP contribution in [0.25, 0.3) is 0 Å². The average molecular weight is 346 g/mol. The van der Waals surface area contributed by atoms with Crippen molar-refractivity contribution in [2.45, 2.75) is 38.0 Å². The average Bonchev–Trinajstić information content (AvgIpc) is 2.85. The van der Waals surface area contributed by atoms with Crippen molar-refractivity contribution < 1.29 is 9.47 Å². The predicted molar refractivity (Wildman–Crippen MR) is 80.3 cm³/mol. The first-order chi connectivity index (χ1) is 9.10. The molecule has 0 N–H and O–H groups in total. The van der Waals surface area contributed by atoms with E-state index in [-0.39, 0.29) is 10.8 Å². The molecule has 4 heteroatoms. The fourth-order valence-electron chi connectivity index (χ4n) is 3.09. The number of hydrogen-bond donors (Lipinski definition) is 0. The lowest BCUT2D eigenvalue weighted by Gasteiger charge is -2.31. The molecule has 19 heavy (non-hydrogen) atoms. The maximum absolute atomic E-state index is 6.78. The van der Waals surface area contributed by atoms with Gasteiger partial charge in [-0.05, 0) is 36.0 Å². The van der Waals surface area contributed by atoms with Gasteiger partial charge in [0.15, 0.2) is 11.5 Å². The van der Waals surface area contributed by atoms with Crippen molar-refractivity contribution in [2.75, 3.05) is 13.2 Å². The minimum Gasteiger partial charge on any atom is -0.486 e. The van der Waals surface area contributed by atoms with Crippen LogP contribution in [0.2, 0.25) is 0 Å². The summed E-state index contributed by atoms with van der Waals surface area (Å²) in [5.74, 6) is 1.62. The number of ether oxygens (including phenoxy) is 2. The van der Waals surface area contributed by atoms with Crippen molar-refractivity contribution in [3.8, 4) is 11.5 Å². The van der Waals surface area contributed by atoms with E-state index >= 15 is 0 Å². The highest BCUT2D eigenvalue weighted by atomic mass is 79.9. The van der Waals surface area contributed by atoms with Gasteiger partial charge in [0.2, 0.25) is 0 Å². The highest BCUT2D eigenvalue weighted by Gasteiger charge is 2.38. The summed E-state index contributed by atoms with van der Waals surface area (Å²) < 4.78 is 12.3. The fraction of sp³-hybridized carbons (Fsp3) is 0.600. The normalized spacial score (nSPS) is 22.3. The fourth-order valence-corrected chi connectivity index (χ4v) is 4.17. The van der Waals surface area contributed by atoms with Gasteiger partial charge >= 0.3 is 0 Å². The Kier molecular flexibility index (Phi) is 3.69. The molecule has 1 saturated carbocycles. The number of fused-ring (bicyclic) bond motifs is 1. The van der Waals surface area contributed by atoms with Gasteiger partial charge in [0, 0.05) is 4.47 Å². The van der Waals surface area contributed by atoms with Crippen LogP contribution in [-0.4, -0.2) is 13.2 Å². The lowest BCUT2D eigenvalue weighted by Crippen LogP contribution is -2.20. The van der Waals surface area contributed by atoms with Crippen LogP contribution in [0, 0.1) is 5.41 Å². The molecule has 1 aromatic rings. The smallest absolute Gasteiger partial charge is 0.162 e. The van der Waals surface area contributed by atoms with Gasteiger partial charge in [-0.15, -0.1) is 11.6 Å². The topological polar surface area (TPSA) is 18.5 Å². The highest BCUT2D eigenvalue weighted by molar-refractivity contribution is 9.10. The first-order valence-corrected chi connectivity index (χ1v) is 8.06. The number of rotatable bonds is 2. The largest absolute Gasteiger partial charge is 0.486 e. The SMILES string of the molecule is CC1(C(Cl)c2cc3c(cc2Br)OCCO3)CCCC1. The van der Waals surface area contributed by atoms with Crippen molar-refractivity contribution in [1.82, 2.24) is 0 Å². The third kappa shape index (κ3) is 2.47. The summed E-state index contributed by atoms with van der Waals surface area (Å²) in [4.78, 5) is 0. The van der Waals surface area contributed by atoms with Crippen LogP contribution in [0.15, 0.2) is 16.6 Å². The van der Waals surface area contributed by atoms with Gasteiger partial charge in [-0.3, -0.25) is 0 Å². The van der Waals surface area contributed by atoms with Gasteiger partial charge in [0.25, 0.3) is 0 Å². The summed E-state index contributed by atoms with van der Waals surface area (Å²) in [7, 11) is 0. The van der Waals surface area contributed by atoms with Gasteiger partial charge in [-0.1, -0.05) is 35.7 Å². The molecule has 2 nitrogen and oxygen atoms in total. The van der Waals surface area contributed by atoms with E-state index in [1.54, 1.807) is 0 Å². The molecule has 3 rings (SSSR count). The number of benzene rings is 1. The third-order valence-corrected chi connectivity index (χ3v) is 5.74. The second-order valence-corrected chi connectivity index (χ2v) is 7.03. The van der Waals surface area contributed by atoms with Crippen LogP contribution in [0.3, 0.4) is 0 Å². The van der Waals surface area contributed by atoms with E-state index in [0.717, 1.165) is 21.5 Å². The molecule has 0 aromatic heterocycles. The van der Waals surface area contributed by atoms with Crippen LogP contribution >= 0.6 is 27.5 Å². The molecular formula is C15H18BrClO2. The van der Waals surface area contributed by atoms with Crippen LogP contribution in [-0.2, 0) is 0 Å². The molecule has 1 aliphatic carbocycles. The zero-order valence-corrected chi connectivity index (χ0v) is 13.4. The Bertz CT molecular complexity index is 483. The monoisotopic (exact) mass is 344 g/mol. The van der Waals surface area contributed by atoms with E-state index < -0.39 is 0 Å². The quantitative estimate of drug-likeness (QED) is 0.696. The van der Waals surface area contributed by atoms with Crippen LogP contribution < -0.4 is 9.47 Å². The van der Waals surface area contributed by atoms with Crippen LogP contribution in [0.4, 0.5) is 0 Å². The van der Waals surface area contributed by atoms with E-state index in [1.807, 2.05) is 12.1 Å². The van der Waals surface area contributed by atoms with Gasteiger partial charge in [0.05, 0.1) is 5.38 Å². The summed E-state index contributed by atoms with van der Waals surface area (Å²) in [6, 6.07) is 4.03. The Labute approximate surface area is 127 Å². The molecule has 1 fully saturated rings. The molecular weight excluding hydrogens is 328 g/mol. The van der Waals surface area contributed by atoms with Crippen molar-refractivity contribution in [3.63, 3.8) is 0 Å². The first kappa shape index (κ1) is 13.6. The molecule has 104 valence electrons. The summed E-state index contributed by atoms with van der Waals surface area (Å²) in [6.45, 7) is 3.51. The Morgan fingerprint density at radius 1 is 1.16 bits per heavy atom. The van der Waals surface area contributed by atoms with E-state index in [0.29, 0.717) is 13.2 Å². The molecule has 0 radical (unpaired) electrons. The Hall–Kier alpha value is -0.410. The zero-order valence-electron chi connectivity index (χ0n) is 11.0. The molecule has 0 saturated heterocycles. The van der Waals surface area contributed by atoms with Crippen molar-refractivity contribution in [1.29, 1.82) is 0 Å². The second kappa shape index (κ2) is 5.17. The summed E-state index contributed by atoms with van der Waals surface area (Å²) in [6.07, 6.45) is 4.95. The number of alkyl halides is 1. The van der Waals surface area contributed by atoms with Gasteiger partial charge < -0.3 is 9.47 Å². The van der Waals surface area contributed by atoms with Gasteiger partial charge in [-0.2, -0.15) is 0 Å². The number of halogens is 2. The molecule has 0 bridgehead atoms. The Morgan fingerprint density at radius 2 is 1.74 bits per heavy atom. The predicted octanol–water partition coefficient (Wildman–Crippen LogP) is 5.08. The summed E-state index contributed by atoms with van der Waals surface area (Å²) in [5, 5.41) is 0.0141. The molecule has 0 amide bonds. The second-order valence-electron chi connectivity index (χ2n) is 5.74. The van der Waals surface area contributed by atoms with Crippen LogP contribution in [0.1, 0.15) is 43.5 Å². The standard InChI is InChI=1S/C15H18BrClO2/c1-15(4-2-3-5-15)14(17)10-8-12-13(9-11(10)16)19-7-6-18-12/h8-9,14H,2-7H2,1H3. The van der Waals surface area contributed by atoms with E-state index in [2.05, 4.69) is 22.9 Å². The maximum atomic E-state index is 6.78. The maximum Gasteiger partial charge on any atom is 0.162 e. The lowest BCUT2D eigenvalue weighted by molar-refractivity contribution is 0.171. The van der Waals surface area contributed by atoms with Crippen molar-refractivity contribution >= 4 is 27.5 Å². The molecule has 1 aromatic carbocycles. The van der Waals surface area contributed by atoms with Crippen LogP contribution in [0.5, 0.6) is 11.5 Å². The molecule has 0 spiro atoms. The molecule has 1 aliphatic heterocycles. The number of hydrogen-bond acceptors (Lipinski definition) is 2. The summed E-state index contributed by atoms with van der Waals surface area (Å²) >= 11 is 10.4. The lowest BCUT2D eigenvalue weighted by atomic mass is 9.81. The van der Waals surface area contributed by atoms with E-state index in [9.17, 15) is 0 Å². The zero-order chi connectivity index (χ0) is 13.5. The van der Waals surface area contributed by atoms with E-state index in [1.165, 1.54) is 25.7 Å². The molecule has 1 atom stereocenters. The molecule has 2 aliphatic rings.